The van der Waals surface area contributed by atoms with Crippen molar-refractivity contribution in [3.05, 3.63) is 0 Å². The average Bonchev–Trinajstić information content (AvgIpc) is 1.81. The third-order valence-corrected chi connectivity index (χ3v) is 1.70. The summed E-state index contributed by atoms with van der Waals surface area (Å²) >= 11 is -2.88. The van der Waals surface area contributed by atoms with Crippen molar-refractivity contribution in [2.45, 2.75) is 11.7 Å². The standard InChI is InChI=1S/C4H6O6S/c5-3(6)1-2(4(7)8)11(9)10/h2H,1H2,(H,5,6)(H,7,8)(H,9,10)/p-1. The van der Waals surface area contributed by atoms with Gasteiger partial charge in [-0.15, -0.1) is 0 Å². The molecule has 7 heteroatoms. The van der Waals surface area contributed by atoms with Crippen molar-refractivity contribution in [1.82, 2.24) is 0 Å². The molecule has 0 heterocycles. The summed E-state index contributed by atoms with van der Waals surface area (Å²) in [6, 6.07) is 0. The zero-order valence-corrected chi connectivity index (χ0v) is 6.04. The van der Waals surface area contributed by atoms with Crippen molar-refractivity contribution in [1.29, 1.82) is 0 Å². The van der Waals surface area contributed by atoms with Gasteiger partial charge in [-0.1, -0.05) is 0 Å². The molecule has 0 aromatic carbocycles. The smallest absolute Gasteiger partial charge is 0.318 e. The van der Waals surface area contributed by atoms with Crippen molar-refractivity contribution < 1.29 is 28.6 Å². The minimum absolute atomic E-state index is 0.911. The van der Waals surface area contributed by atoms with Crippen LogP contribution in [0.15, 0.2) is 0 Å². The lowest BCUT2D eigenvalue weighted by molar-refractivity contribution is -0.143. The largest absolute Gasteiger partial charge is 0.772 e. The topological polar surface area (TPSA) is 115 Å². The first-order chi connectivity index (χ1) is 4.95. The second-order valence-electron chi connectivity index (χ2n) is 1.69. The van der Waals surface area contributed by atoms with Crippen LogP contribution in [-0.4, -0.2) is 36.2 Å². The molecular formula is C4H5O6S-. The van der Waals surface area contributed by atoms with E-state index >= 15 is 0 Å². The Bertz CT molecular complexity index is 185. The third-order valence-electron chi connectivity index (χ3n) is 0.868. The van der Waals surface area contributed by atoms with Crippen LogP contribution in [0, 0.1) is 0 Å². The van der Waals surface area contributed by atoms with E-state index in [-0.39, 0.29) is 0 Å². The van der Waals surface area contributed by atoms with Crippen LogP contribution in [0.2, 0.25) is 0 Å². The Labute approximate surface area is 64.1 Å². The number of carboxylic acid groups (broad SMARTS) is 2. The van der Waals surface area contributed by atoms with Crippen LogP contribution in [-0.2, 0) is 20.7 Å². The third kappa shape index (κ3) is 3.68. The zero-order chi connectivity index (χ0) is 9.02. The molecule has 2 unspecified atom stereocenters. The molecule has 0 radical (unpaired) electrons. The van der Waals surface area contributed by atoms with Gasteiger partial charge < -0.3 is 14.8 Å². The number of carboxylic acids is 2. The number of hydrogen-bond acceptors (Lipinski definition) is 4. The van der Waals surface area contributed by atoms with Crippen molar-refractivity contribution in [2.75, 3.05) is 0 Å². The number of hydrogen-bond donors (Lipinski definition) is 2. The summed E-state index contributed by atoms with van der Waals surface area (Å²) in [5, 5.41) is 14.3. The molecule has 64 valence electrons. The zero-order valence-electron chi connectivity index (χ0n) is 5.22. The maximum atomic E-state index is 10.0. The van der Waals surface area contributed by atoms with E-state index in [2.05, 4.69) is 0 Å². The molecule has 6 nitrogen and oxygen atoms in total. The Kier molecular flexibility index (Phi) is 3.69. The minimum atomic E-state index is -2.88. The normalized spacial score (nSPS) is 15.4. The molecule has 0 rings (SSSR count). The van der Waals surface area contributed by atoms with Crippen molar-refractivity contribution in [3.63, 3.8) is 0 Å². The fraction of sp³-hybridized carbons (Fsp3) is 0.500. The Hall–Kier alpha value is -0.950. The van der Waals surface area contributed by atoms with E-state index in [9.17, 15) is 18.4 Å². The van der Waals surface area contributed by atoms with Gasteiger partial charge in [0.15, 0.2) is 0 Å². The van der Waals surface area contributed by atoms with Gasteiger partial charge in [0.25, 0.3) is 0 Å². The van der Waals surface area contributed by atoms with Gasteiger partial charge in [0.05, 0.1) is 6.42 Å². The second-order valence-corrected chi connectivity index (χ2v) is 2.78. The number of aliphatic carboxylic acids is 2. The maximum absolute atomic E-state index is 10.0. The lowest BCUT2D eigenvalue weighted by atomic mass is 10.3. The molecule has 0 amide bonds. The SMILES string of the molecule is O=C(O)CC(C(=O)O)S(=O)[O-]. The summed E-state index contributed by atoms with van der Waals surface area (Å²) < 4.78 is 20.1. The van der Waals surface area contributed by atoms with Crippen LogP contribution >= 0.6 is 0 Å². The van der Waals surface area contributed by atoms with Gasteiger partial charge >= 0.3 is 11.9 Å². The van der Waals surface area contributed by atoms with Crippen molar-refractivity contribution in [3.8, 4) is 0 Å². The van der Waals surface area contributed by atoms with Crippen molar-refractivity contribution in [2.24, 2.45) is 0 Å². The summed E-state index contributed by atoms with van der Waals surface area (Å²) in [6.07, 6.45) is -0.911. The summed E-state index contributed by atoms with van der Waals surface area (Å²) in [5.41, 5.74) is 0. The average molecular weight is 181 g/mol. The Morgan fingerprint density at radius 2 is 1.91 bits per heavy atom. The molecule has 0 aliphatic rings. The van der Waals surface area contributed by atoms with Crippen molar-refractivity contribution >= 4 is 23.0 Å². The number of carbonyl (C=O) groups is 2. The quantitative estimate of drug-likeness (QED) is 0.526. The summed E-state index contributed by atoms with van der Waals surface area (Å²) in [7, 11) is 0. The van der Waals surface area contributed by atoms with E-state index in [1.165, 1.54) is 0 Å². The molecule has 0 aliphatic carbocycles. The monoisotopic (exact) mass is 181 g/mol. The highest BCUT2D eigenvalue weighted by Gasteiger charge is 2.21. The minimum Gasteiger partial charge on any atom is -0.772 e. The molecule has 0 aromatic rings. The second kappa shape index (κ2) is 4.04. The fourth-order valence-corrected chi connectivity index (χ4v) is 0.840. The molecular weight excluding hydrogens is 176 g/mol. The molecule has 0 saturated heterocycles. The summed E-state index contributed by atoms with van der Waals surface area (Å²) in [5.74, 6) is -3.11. The van der Waals surface area contributed by atoms with Gasteiger partial charge in [-0.3, -0.25) is 13.8 Å². The molecule has 0 bridgehead atoms. The van der Waals surface area contributed by atoms with Gasteiger partial charge in [0, 0.05) is 0 Å². The van der Waals surface area contributed by atoms with Gasteiger partial charge in [-0.05, 0) is 11.1 Å². The highest BCUT2D eigenvalue weighted by atomic mass is 32.2. The molecule has 2 atom stereocenters. The Balaban J connectivity index is 4.23. The highest BCUT2D eigenvalue weighted by molar-refractivity contribution is 7.80. The first-order valence-corrected chi connectivity index (χ1v) is 3.61. The molecule has 0 aliphatic heterocycles. The molecule has 0 spiro atoms. The molecule has 0 fully saturated rings. The molecule has 11 heavy (non-hydrogen) atoms. The molecule has 0 aromatic heterocycles. The van der Waals surface area contributed by atoms with E-state index in [1.807, 2.05) is 0 Å². The van der Waals surface area contributed by atoms with Crippen LogP contribution in [0.3, 0.4) is 0 Å². The van der Waals surface area contributed by atoms with Crippen LogP contribution in [0.5, 0.6) is 0 Å². The van der Waals surface area contributed by atoms with Gasteiger partial charge in [-0.25, -0.2) is 0 Å². The summed E-state index contributed by atoms with van der Waals surface area (Å²) in [6.45, 7) is 0. The van der Waals surface area contributed by atoms with E-state index in [4.69, 9.17) is 10.2 Å². The number of rotatable bonds is 4. The lowest BCUT2D eigenvalue weighted by Gasteiger charge is -2.11. The first-order valence-electron chi connectivity index (χ1n) is 2.47. The van der Waals surface area contributed by atoms with E-state index in [0.29, 0.717) is 0 Å². The summed E-state index contributed by atoms with van der Waals surface area (Å²) in [4.78, 5) is 19.9. The lowest BCUT2D eigenvalue weighted by Crippen LogP contribution is -2.28. The van der Waals surface area contributed by atoms with Crippen LogP contribution < -0.4 is 0 Å². The van der Waals surface area contributed by atoms with Crippen LogP contribution in [0.1, 0.15) is 6.42 Å². The molecule has 2 N–H and O–H groups in total. The van der Waals surface area contributed by atoms with E-state index in [1.54, 1.807) is 0 Å². The van der Waals surface area contributed by atoms with E-state index < -0.39 is 34.7 Å². The predicted octanol–water partition coefficient (Wildman–Crippen LogP) is -1.21. The Morgan fingerprint density at radius 3 is 2.00 bits per heavy atom. The van der Waals surface area contributed by atoms with E-state index in [0.717, 1.165) is 0 Å². The maximum Gasteiger partial charge on any atom is 0.318 e. The molecule has 0 saturated carbocycles. The Morgan fingerprint density at radius 1 is 1.45 bits per heavy atom. The van der Waals surface area contributed by atoms with Gasteiger partial charge in [0.1, 0.15) is 5.25 Å². The van der Waals surface area contributed by atoms with Crippen LogP contribution in [0.4, 0.5) is 0 Å². The van der Waals surface area contributed by atoms with Gasteiger partial charge in [-0.2, -0.15) is 0 Å². The predicted molar refractivity (Wildman–Crippen MR) is 32.6 cm³/mol. The van der Waals surface area contributed by atoms with Gasteiger partial charge in [0.2, 0.25) is 0 Å². The first kappa shape index (κ1) is 10.0. The van der Waals surface area contributed by atoms with Crippen LogP contribution in [0.25, 0.3) is 0 Å². The fourth-order valence-electron chi connectivity index (χ4n) is 0.396. The highest BCUT2D eigenvalue weighted by Crippen LogP contribution is 1.99.